The molecule has 0 aliphatic heterocycles. The zero-order chi connectivity index (χ0) is 19.3. The van der Waals surface area contributed by atoms with E-state index in [2.05, 4.69) is 15.5 Å². The number of nitrogens with one attached hydrogen (secondary N) is 1. The molecular weight excluding hydrogens is 354 g/mol. The van der Waals surface area contributed by atoms with Crippen LogP contribution in [0.15, 0.2) is 71.1 Å². The van der Waals surface area contributed by atoms with E-state index < -0.39 is 0 Å². The molecule has 0 spiro atoms. The molecule has 0 unspecified atom stereocenters. The maximum absolute atomic E-state index is 12.1. The zero-order valence-corrected chi connectivity index (χ0v) is 15.4. The van der Waals surface area contributed by atoms with E-state index >= 15 is 0 Å². The highest BCUT2D eigenvalue weighted by Gasteiger charge is 2.11. The summed E-state index contributed by atoms with van der Waals surface area (Å²) in [6.07, 6.45) is 0.511. The van der Waals surface area contributed by atoms with Crippen LogP contribution < -0.4 is 10.1 Å². The van der Waals surface area contributed by atoms with Crippen molar-refractivity contribution in [3.8, 4) is 5.75 Å². The lowest BCUT2D eigenvalue weighted by molar-refractivity contribution is -0.118. The SMILES string of the molecule is Cc1ccc(Cc2nnc(NC(=O)COc3ccc4ccccc4c3)o2)cc1. The number of nitrogens with zero attached hydrogens (tertiary/aromatic N) is 2. The first-order chi connectivity index (χ1) is 13.7. The number of benzene rings is 3. The van der Waals surface area contributed by atoms with Gasteiger partial charge in [0.05, 0.1) is 6.42 Å². The average molecular weight is 373 g/mol. The van der Waals surface area contributed by atoms with Gasteiger partial charge in [-0.3, -0.25) is 10.1 Å². The molecule has 6 nitrogen and oxygen atoms in total. The number of carbonyl (C=O) groups excluding carboxylic acids is 1. The van der Waals surface area contributed by atoms with Gasteiger partial charge in [0, 0.05) is 0 Å². The summed E-state index contributed by atoms with van der Waals surface area (Å²) in [5.74, 6) is 0.702. The summed E-state index contributed by atoms with van der Waals surface area (Å²) in [4.78, 5) is 12.1. The van der Waals surface area contributed by atoms with E-state index in [0.29, 0.717) is 18.1 Å². The van der Waals surface area contributed by atoms with Gasteiger partial charge in [-0.1, -0.05) is 65.3 Å². The van der Waals surface area contributed by atoms with Crippen molar-refractivity contribution in [2.45, 2.75) is 13.3 Å². The Morgan fingerprint density at radius 1 is 1.00 bits per heavy atom. The number of rotatable bonds is 6. The number of ether oxygens (including phenoxy) is 1. The summed E-state index contributed by atoms with van der Waals surface area (Å²) in [6.45, 7) is 1.89. The predicted molar refractivity (Wildman–Crippen MR) is 106 cm³/mol. The van der Waals surface area contributed by atoms with Gasteiger partial charge in [0.2, 0.25) is 5.89 Å². The van der Waals surface area contributed by atoms with Gasteiger partial charge < -0.3 is 9.15 Å². The topological polar surface area (TPSA) is 77.2 Å². The Morgan fingerprint density at radius 3 is 2.61 bits per heavy atom. The van der Waals surface area contributed by atoms with Gasteiger partial charge in [-0.15, -0.1) is 5.10 Å². The molecule has 1 heterocycles. The standard InChI is InChI=1S/C22H19N3O3/c1-15-6-8-16(9-7-15)12-21-24-25-22(28-21)23-20(26)14-27-19-11-10-17-4-2-3-5-18(17)13-19/h2-11,13H,12,14H2,1H3,(H,23,25,26). The number of aryl methyl sites for hydroxylation is 1. The lowest BCUT2D eigenvalue weighted by Gasteiger charge is -2.06. The smallest absolute Gasteiger partial charge is 0.322 e. The summed E-state index contributed by atoms with van der Waals surface area (Å²) in [5.41, 5.74) is 2.25. The normalized spacial score (nSPS) is 10.8. The number of fused-ring (bicyclic) bond motifs is 1. The largest absolute Gasteiger partial charge is 0.484 e. The third-order valence-corrected chi connectivity index (χ3v) is 4.28. The first-order valence-electron chi connectivity index (χ1n) is 8.95. The minimum Gasteiger partial charge on any atom is -0.484 e. The minimum atomic E-state index is -0.362. The van der Waals surface area contributed by atoms with Crippen molar-refractivity contribution in [3.05, 3.63) is 83.7 Å². The number of aromatic nitrogens is 2. The molecule has 0 radical (unpaired) electrons. The fourth-order valence-corrected chi connectivity index (χ4v) is 2.82. The van der Waals surface area contributed by atoms with Crippen LogP contribution in [0.1, 0.15) is 17.0 Å². The number of hydrogen-bond acceptors (Lipinski definition) is 5. The monoisotopic (exact) mass is 373 g/mol. The van der Waals surface area contributed by atoms with Gasteiger partial charge in [0.15, 0.2) is 6.61 Å². The second-order valence-corrected chi connectivity index (χ2v) is 6.51. The first kappa shape index (κ1) is 17.7. The lowest BCUT2D eigenvalue weighted by atomic mass is 10.1. The summed E-state index contributed by atoms with van der Waals surface area (Å²) in [7, 11) is 0. The van der Waals surface area contributed by atoms with Gasteiger partial charge in [-0.25, -0.2) is 0 Å². The van der Waals surface area contributed by atoms with E-state index in [1.165, 1.54) is 5.56 Å². The van der Waals surface area contributed by atoms with E-state index in [1.54, 1.807) is 0 Å². The van der Waals surface area contributed by atoms with E-state index in [9.17, 15) is 4.79 Å². The summed E-state index contributed by atoms with van der Waals surface area (Å²) >= 11 is 0. The fourth-order valence-electron chi connectivity index (χ4n) is 2.82. The van der Waals surface area contributed by atoms with Gasteiger partial charge in [0.1, 0.15) is 5.75 Å². The van der Waals surface area contributed by atoms with Crippen molar-refractivity contribution >= 4 is 22.7 Å². The molecule has 1 N–H and O–H groups in total. The lowest BCUT2D eigenvalue weighted by Crippen LogP contribution is -2.20. The van der Waals surface area contributed by atoms with Crippen LogP contribution in [0.3, 0.4) is 0 Å². The van der Waals surface area contributed by atoms with E-state index in [4.69, 9.17) is 9.15 Å². The molecule has 0 bridgehead atoms. The van der Waals surface area contributed by atoms with Crippen molar-refractivity contribution in [1.82, 2.24) is 10.2 Å². The first-order valence-corrected chi connectivity index (χ1v) is 8.95. The van der Waals surface area contributed by atoms with Crippen LogP contribution in [0.4, 0.5) is 6.01 Å². The molecule has 28 heavy (non-hydrogen) atoms. The van der Waals surface area contributed by atoms with Gasteiger partial charge in [-0.2, -0.15) is 0 Å². The van der Waals surface area contributed by atoms with Crippen molar-refractivity contribution in [1.29, 1.82) is 0 Å². The Balaban J connectivity index is 1.32. The second-order valence-electron chi connectivity index (χ2n) is 6.51. The molecule has 140 valence electrons. The van der Waals surface area contributed by atoms with E-state index in [-0.39, 0.29) is 18.5 Å². The van der Waals surface area contributed by atoms with Crippen molar-refractivity contribution in [3.63, 3.8) is 0 Å². The molecule has 4 rings (SSSR count). The van der Waals surface area contributed by atoms with E-state index in [0.717, 1.165) is 16.3 Å². The van der Waals surface area contributed by atoms with Crippen LogP contribution >= 0.6 is 0 Å². The van der Waals surface area contributed by atoms with Crippen LogP contribution in [-0.4, -0.2) is 22.7 Å². The molecule has 0 aliphatic rings. The van der Waals surface area contributed by atoms with Crippen molar-refractivity contribution < 1.29 is 13.9 Å². The van der Waals surface area contributed by atoms with Crippen molar-refractivity contribution in [2.75, 3.05) is 11.9 Å². The minimum absolute atomic E-state index is 0.0641. The van der Waals surface area contributed by atoms with Gasteiger partial charge >= 0.3 is 6.01 Å². The van der Waals surface area contributed by atoms with Crippen LogP contribution in [0, 0.1) is 6.92 Å². The van der Waals surface area contributed by atoms with Crippen LogP contribution in [0.25, 0.3) is 10.8 Å². The molecule has 4 aromatic rings. The summed E-state index contributed by atoms with van der Waals surface area (Å²) < 4.78 is 11.0. The highest BCUT2D eigenvalue weighted by Crippen LogP contribution is 2.20. The molecule has 1 amide bonds. The Kier molecular flexibility index (Phi) is 5.01. The summed E-state index contributed by atoms with van der Waals surface area (Å²) in [5, 5.41) is 12.6. The fraction of sp³-hybridized carbons (Fsp3) is 0.136. The molecular formula is C22H19N3O3. The molecule has 0 saturated carbocycles. The molecule has 6 heteroatoms. The number of carbonyl (C=O) groups is 1. The maximum atomic E-state index is 12.1. The number of hydrogen-bond donors (Lipinski definition) is 1. The third kappa shape index (κ3) is 4.35. The zero-order valence-electron chi connectivity index (χ0n) is 15.4. The maximum Gasteiger partial charge on any atom is 0.322 e. The number of amides is 1. The molecule has 0 aliphatic carbocycles. The number of anilines is 1. The summed E-state index contributed by atoms with van der Waals surface area (Å²) in [6, 6.07) is 21.8. The average Bonchev–Trinajstić information content (AvgIpc) is 3.14. The molecule has 0 saturated heterocycles. The predicted octanol–water partition coefficient (Wildman–Crippen LogP) is 4.14. The highest BCUT2D eigenvalue weighted by molar-refractivity contribution is 5.90. The quantitative estimate of drug-likeness (QED) is 0.550. The van der Waals surface area contributed by atoms with Crippen LogP contribution in [0.5, 0.6) is 5.75 Å². The van der Waals surface area contributed by atoms with Gasteiger partial charge in [-0.05, 0) is 35.4 Å². The molecule has 3 aromatic carbocycles. The molecule has 0 atom stereocenters. The van der Waals surface area contributed by atoms with Crippen LogP contribution in [0.2, 0.25) is 0 Å². The highest BCUT2D eigenvalue weighted by atomic mass is 16.5. The Hall–Kier alpha value is -3.67. The Labute approximate surface area is 162 Å². The van der Waals surface area contributed by atoms with Crippen molar-refractivity contribution in [2.24, 2.45) is 0 Å². The van der Waals surface area contributed by atoms with E-state index in [1.807, 2.05) is 73.7 Å². The Bertz CT molecular complexity index is 1100. The van der Waals surface area contributed by atoms with Gasteiger partial charge in [0.25, 0.3) is 5.91 Å². The molecule has 1 aromatic heterocycles. The third-order valence-electron chi connectivity index (χ3n) is 4.28. The second kappa shape index (κ2) is 7.92. The van der Waals surface area contributed by atoms with Crippen LogP contribution in [-0.2, 0) is 11.2 Å². The Morgan fingerprint density at radius 2 is 1.79 bits per heavy atom. The molecule has 0 fully saturated rings.